The minimum Gasteiger partial charge on any atom is -0.0887 e. The molecule has 0 aliphatic rings. The Balaban J connectivity index is 2.43. The van der Waals surface area contributed by atoms with Crippen molar-refractivity contribution in [2.75, 3.05) is 0 Å². The molecule has 0 aliphatic heterocycles. The molecule has 0 saturated heterocycles. The zero-order chi connectivity index (χ0) is 10.4. The quantitative estimate of drug-likeness (QED) is 0.680. The molecule has 0 N–H and O–H groups in total. The molecule has 0 aliphatic carbocycles. The Morgan fingerprint density at radius 1 is 1.36 bits per heavy atom. The zero-order valence-electron chi connectivity index (χ0n) is 9.09. The minimum atomic E-state index is 0.643. The topological polar surface area (TPSA) is 0 Å². The van der Waals surface area contributed by atoms with E-state index >= 15 is 0 Å². The molecule has 78 valence electrons. The second-order valence-electron chi connectivity index (χ2n) is 3.93. The lowest BCUT2D eigenvalue weighted by atomic mass is 10.0. The maximum absolute atomic E-state index is 3.74. The number of unbranched alkanes of at least 4 members (excludes halogenated alkanes) is 1. The van der Waals surface area contributed by atoms with Crippen LogP contribution in [0.15, 0.2) is 24.3 Å². The van der Waals surface area contributed by atoms with Crippen LogP contribution in [-0.2, 0) is 6.42 Å². The summed E-state index contributed by atoms with van der Waals surface area (Å²) in [6.07, 6.45) is 5.05. The van der Waals surface area contributed by atoms with Crippen molar-refractivity contribution in [3.8, 4) is 0 Å². The highest BCUT2D eigenvalue weighted by Crippen LogP contribution is 2.16. The third-order valence-electron chi connectivity index (χ3n) is 2.41. The van der Waals surface area contributed by atoms with Crippen molar-refractivity contribution in [3.63, 3.8) is 0 Å². The molecule has 1 heteroatoms. The molecule has 1 atom stereocenters. The van der Waals surface area contributed by atoms with Crippen LogP contribution in [0.2, 0.25) is 0 Å². The molecule has 14 heavy (non-hydrogen) atoms. The van der Waals surface area contributed by atoms with E-state index in [-0.39, 0.29) is 0 Å². The lowest BCUT2D eigenvalue weighted by Gasteiger charge is -2.09. The second kappa shape index (κ2) is 6.23. The van der Waals surface area contributed by atoms with Crippen LogP contribution in [0.25, 0.3) is 0 Å². The van der Waals surface area contributed by atoms with Gasteiger partial charge in [-0.1, -0.05) is 65.5 Å². The van der Waals surface area contributed by atoms with Crippen LogP contribution in [0.4, 0.5) is 0 Å². The molecule has 1 aromatic carbocycles. The van der Waals surface area contributed by atoms with Gasteiger partial charge < -0.3 is 0 Å². The molecule has 0 spiro atoms. The van der Waals surface area contributed by atoms with Crippen LogP contribution in [0.3, 0.4) is 0 Å². The van der Waals surface area contributed by atoms with E-state index in [9.17, 15) is 0 Å². The molecule has 0 heterocycles. The number of benzene rings is 1. The van der Waals surface area contributed by atoms with Crippen molar-refractivity contribution >= 4 is 15.9 Å². The van der Waals surface area contributed by atoms with Gasteiger partial charge in [0.05, 0.1) is 0 Å². The summed E-state index contributed by atoms with van der Waals surface area (Å²) >= 11 is 3.74. The molecule has 0 saturated carbocycles. The van der Waals surface area contributed by atoms with E-state index in [1.54, 1.807) is 0 Å². The van der Waals surface area contributed by atoms with Gasteiger partial charge in [0.25, 0.3) is 0 Å². The molecule has 0 nitrogen and oxygen atoms in total. The third-order valence-corrected chi connectivity index (χ3v) is 3.19. The summed E-state index contributed by atoms with van der Waals surface area (Å²) in [4.78, 5) is 0.643. The number of hydrogen-bond acceptors (Lipinski definition) is 0. The Labute approximate surface area is 95.9 Å². The normalized spacial score (nSPS) is 12.8. The molecule has 0 amide bonds. The lowest BCUT2D eigenvalue weighted by molar-refractivity contribution is 0.687. The van der Waals surface area contributed by atoms with E-state index in [4.69, 9.17) is 0 Å². The van der Waals surface area contributed by atoms with Gasteiger partial charge in [-0.2, -0.15) is 0 Å². The number of alkyl halides is 1. The van der Waals surface area contributed by atoms with Gasteiger partial charge in [-0.25, -0.2) is 0 Å². The lowest BCUT2D eigenvalue weighted by Crippen LogP contribution is -2.02. The largest absolute Gasteiger partial charge is 0.0887 e. The van der Waals surface area contributed by atoms with Gasteiger partial charge in [0.2, 0.25) is 0 Å². The maximum Gasteiger partial charge on any atom is 0.0186 e. The van der Waals surface area contributed by atoms with Crippen molar-refractivity contribution in [2.45, 2.75) is 44.4 Å². The number of aryl methyl sites for hydroxylation is 1. The SMILES string of the molecule is CCCCC(Br)Cc1cccc(C)c1. The van der Waals surface area contributed by atoms with Gasteiger partial charge in [0.1, 0.15) is 0 Å². The molecular weight excluding hydrogens is 236 g/mol. The number of hydrogen-bond donors (Lipinski definition) is 0. The Kier molecular flexibility index (Phi) is 5.24. The summed E-state index contributed by atoms with van der Waals surface area (Å²) in [6, 6.07) is 8.79. The van der Waals surface area contributed by atoms with Gasteiger partial charge in [-0.05, 0) is 25.3 Å². The molecule has 0 bridgehead atoms. The predicted molar refractivity (Wildman–Crippen MR) is 67.1 cm³/mol. The van der Waals surface area contributed by atoms with Gasteiger partial charge >= 0.3 is 0 Å². The highest BCUT2D eigenvalue weighted by atomic mass is 79.9. The van der Waals surface area contributed by atoms with Gasteiger partial charge in [-0.15, -0.1) is 0 Å². The van der Waals surface area contributed by atoms with Crippen LogP contribution in [-0.4, -0.2) is 4.83 Å². The van der Waals surface area contributed by atoms with E-state index in [1.165, 1.54) is 30.4 Å². The highest BCUT2D eigenvalue weighted by Gasteiger charge is 2.04. The Morgan fingerprint density at radius 2 is 2.14 bits per heavy atom. The maximum atomic E-state index is 3.74. The van der Waals surface area contributed by atoms with Crippen molar-refractivity contribution in [1.29, 1.82) is 0 Å². The van der Waals surface area contributed by atoms with Crippen LogP contribution in [0.1, 0.15) is 37.3 Å². The average molecular weight is 255 g/mol. The number of rotatable bonds is 5. The first-order valence-corrected chi connectivity index (χ1v) is 6.33. The summed E-state index contributed by atoms with van der Waals surface area (Å²) < 4.78 is 0. The van der Waals surface area contributed by atoms with E-state index in [2.05, 4.69) is 54.0 Å². The molecule has 1 rings (SSSR count). The van der Waals surface area contributed by atoms with Crippen LogP contribution in [0, 0.1) is 6.92 Å². The molecule has 1 unspecified atom stereocenters. The van der Waals surface area contributed by atoms with Crippen LogP contribution in [0.5, 0.6) is 0 Å². The zero-order valence-corrected chi connectivity index (χ0v) is 10.7. The summed E-state index contributed by atoms with van der Waals surface area (Å²) in [5, 5.41) is 0. The summed E-state index contributed by atoms with van der Waals surface area (Å²) in [5.74, 6) is 0. The first kappa shape index (κ1) is 11.8. The van der Waals surface area contributed by atoms with E-state index in [1.807, 2.05) is 0 Å². The Morgan fingerprint density at radius 3 is 2.79 bits per heavy atom. The predicted octanol–water partition coefficient (Wildman–Crippen LogP) is 4.49. The van der Waals surface area contributed by atoms with Crippen molar-refractivity contribution < 1.29 is 0 Å². The smallest absolute Gasteiger partial charge is 0.0186 e. The fourth-order valence-electron chi connectivity index (χ4n) is 1.62. The number of halogens is 1. The highest BCUT2D eigenvalue weighted by molar-refractivity contribution is 9.09. The molecular formula is C13H19Br. The van der Waals surface area contributed by atoms with Crippen LogP contribution >= 0.6 is 15.9 Å². The minimum absolute atomic E-state index is 0.643. The third kappa shape index (κ3) is 4.28. The van der Waals surface area contributed by atoms with E-state index < -0.39 is 0 Å². The van der Waals surface area contributed by atoms with Crippen LogP contribution < -0.4 is 0 Å². The van der Waals surface area contributed by atoms with Gasteiger partial charge in [-0.3, -0.25) is 0 Å². The molecule has 1 aromatic rings. The monoisotopic (exact) mass is 254 g/mol. The van der Waals surface area contributed by atoms with E-state index in [0.717, 1.165) is 6.42 Å². The fourth-order valence-corrected chi connectivity index (χ4v) is 2.32. The summed E-state index contributed by atoms with van der Waals surface area (Å²) in [5.41, 5.74) is 2.81. The van der Waals surface area contributed by atoms with Crippen molar-refractivity contribution in [3.05, 3.63) is 35.4 Å². The van der Waals surface area contributed by atoms with E-state index in [0.29, 0.717) is 4.83 Å². The average Bonchev–Trinajstić information content (AvgIpc) is 2.15. The van der Waals surface area contributed by atoms with Crippen molar-refractivity contribution in [2.24, 2.45) is 0 Å². The molecule has 0 radical (unpaired) electrons. The fraction of sp³-hybridized carbons (Fsp3) is 0.538. The first-order valence-electron chi connectivity index (χ1n) is 5.42. The van der Waals surface area contributed by atoms with Gasteiger partial charge in [0, 0.05) is 4.83 Å². The van der Waals surface area contributed by atoms with Crippen molar-refractivity contribution in [1.82, 2.24) is 0 Å². The summed E-state index contributed by atoms with van der Waals surface area (Å²) in [7, 11) is 0. The standard InChI is InChI=1S/C13H19Br/c1-3-4-8-13(14)10-12-7-5-6-11(2)9-12/h5-7,9,13H,3-4,8,10H2,1-2H3. The first-order chi connectivity index (χ1) is 6.72. The molecule has 0 fully saturated rings. The second-order valence-corrected chi connectivity index (χ2v) is 5.23. The molecule has 0 aromatic heterocycles. The van der Waals surface area contributed by atoms with Gasteiger partial charge in [0.15, 0.2) is 0 Å². The summed E-state index contributed by atoms with van der Waals surface area (Å²) in [6.45, 7) is 4.39. The Hall–Kier alpha value is -0.300. The Bertz CT molecular complexity index is 268.